The molecule has 0 aliphatic carbocycles. The standard InChI is InChI=1S/C22H44N2O3/c1-5-8-11-14-17-24(18-15-12-9-6-2)22(26)27-20(16-13-10-7-3)19(4)21(23)25/h19-20H,5-18H2,1-4H3,(H2,23,25). The molecule has 0 spiro atoms. The zero-order valence-corrected chi connectivity index (χ0v) is 18.3. The summed E-state index contributed by atoms with van der Waals surface area (Å²) in [5.41, 5.74) is 5.48. The van der Waals surface area contributed by atoms with Gasteiger partial charge in [-0.05, 0) is 25.7 Å². The lowest BCUT2D eigenvalue weighted by Crippen LogP contribution is -2.40. The first-order valence-corrected chi connectivity index (χ1v) is 11.2. The molecule has 0 bridgehead atoms. The van der Waals surface area contributed by atoms with Gasteiger partial charge in [0.25, 0.3) is 0 Å². The molecule has 5 nitrogen and oxygen atoms in total. The van der Waals surface area contributed by atoms with Crippen LogP contribution in [0.1, 0.15) is 105 Å². The minimum atomic E-state index is -0.451. The average molecular weight is 385 g/mol. The number of primary amides is 1. The van der Waals surface area contributed by atoms with Crippen molar-refractivity contribution in [3.05, 3.63) is 0 Å². The van der Waals surface area contributed by atoms with Crippen molar-refractivity contribution in [3.8, 4) is 0 Å². The molecular formula is C22H44N2O3. The summed E-state index contributed by atoms with van der Waals surface area (Å²) in [6, 6.07) is 0. The third-order valence-corrected chi connectivity index (χ3v) is 5.17. The van der Waals surface area contributed by atoms with Crippen molar-refractivity contribution < 1.29 is 14.3 Å². The molecule has 0 radical (unpaired) electrons. The summed E-state index contributed by atoms with van der Waals surface area (Å²) < 4.78 is 5.78. The number of rotatable bonds is 17. The molecule has 2 atom stereocenters. The Hall–Kier alpha value is -1.26. The molecule has 0 aromatic rings. The van der Waals surface area contributed by atoms with Crippen LogP contribution >= 0.6 is 0 Å². The Kier molecular flexibility index (Phi) is 16.1. The van der Waals surface area contributed by atoms with Crippen molar-refractivity contribution in [2.45, 2.75) is 111 Å². The Bertz CT molecular complexity index is 376. The molecule has 160 valence electrons. The molecule has 0 fully saturated rings. The predicted molar refractivity (Wildman–Crippen MR) is 113 cm³/mol. The van der Waals surface area contributed by atoms with Gasteiger partial charge in [0.2, 0.25) is 5.91 Å². The molecule has 0 saturated heterocycles. The van der Waals surface area contributed by atoms with Gasteiger partial charge in [-0.2, -0.15) is 0 Å². The topological polar surface area (TPSA) is 72.6 Å². The van der Waals surface area contributed by atoms with Gasteiger partial charge in [0.15, 0.2) is 0 Å². The molecule has 0 aromatic heterocycles. The fourth-order valence-corrected chi connectivity index (χ4v) is 3.15. The first-order valence-electron chi connectivity index (χ1n) is 11.2. The predicted octanol–water partition coefficient (Wildman–Crippen LogP) is 5.66. The highest BCUT2D eigenvalue weighted by Gasteiger charge is 2.27. The molecule has 5 heteroatoms. The Labute approximate surface area is 167 Å². The summed E-state index contributed by atoms with van der Waals surface area (Å²) in [5, 5.41) is 0. The molecule has 27 heavy (non-hydrogen) atoms. The van der Waals surface area contributed by atoms with Gasteiger partial charge in [0.1, 0.15) is 6.10 Å². The first kappa shape index (κ1) is 25.7. The van der Waals surface area contributed by atoms with E-state index < -0.39 is 17.9 Å². The molecule has 0 aliphatic rings. The first-order chi connectivity index (χ1) is 13.0. The largest absolute Gasteiger partial charge is 0.445 e. The number of hydrogen-bond acceptors (Lipinski definition) is 3. The van der Waals surface area contributed by atoms with E-state index in [4.69, 9.17) is 10.5 Å². The van der Waals surface area contributed by atoms with Crippen LogP contribution in [0.2, 0.25) is 0 Å². The van der Waals surface area contributed by atoms with Gasteiger partial charge >= 0.3 is 6.09 Å². The highest BCUT2D eigenvalue weighted by Crippen LogP contribution is 2.18. The quantitative estimate of drug-likeness (QED) is 0.329. The van der Waals surface area contributed by atoms with Gasteiger partial charge in [0, 0.05) is 13.1 Å². The van der Waals surface area contributed by atoms with Crippen LogP contribution in [-0.4, -0.2) is 36.1 Å². The Morgan fingerprint density at radius 1 is 0.815 bits per heavy atom. The fraction of sp³-hybridized carbons (Fsp3) is 0.909. The molecular weight excluding hydrogens is 340 g/mol. The van der Waals surface area contributed by atoms with Crippen LogP contribution in [0.4, 0.5) is 4.79 Å². The number of unbranched alkanes of at least 4 members (excludes halogenated alkanes) is 8. The number of amides is 2. The maximum Gasteiger partial charge on any atom is 0.410 e. The van der Waals surface area contributed by atoms with E-state index in [9.17, 15) is 9.59 Å². The SMILES string of the molecule is CCCCCCN(CCCCCC)C(=O)OC(CCCCC)C(C)C(N)=O. The van der Waals surface area contributed by atoms with E-state index in [0.717, 1.165) is 58.0 Å². The van der Waals surface area contributed by atoms with Gasteiger partial charge in [-0.3, -0.25) is 4.79 Å². The normalized spacial score (nSPS) is 13.2. The van der Waals surface area contributed by atoms with Crippen molar-refractivity contribution in [3.63, 3.8) is 0 Å². The molecule has 0 heterocycles. The summed E-state index contributed by atoms with van der Waals surface area (Å²) in [5.74, 6) is -0.852. The lowest BCUT2D eigenvalue weighted by atomic mass is 9.98. The number of hydrogen-bond donors (Lipinski definition) is 1. The van der Waals surface area contributed by atoms with Crippen LogP contribution < -0.4 is 5.73 Å². The van der Waals surface area contributed by atoms with Crippen molar-refractivity contribution in [2.75, 3.05) is 13.1 Å². The van der Waals surface area contributed by atoms with Crippen LogP contribution in [-0.2, 0) is 9.53 Å². The number of nitrogens with zero attached hydrogens (tertiary/aromatic N) is 1. The van der Waals surface area contributed by atoms with Gasteiger partial charge < -0.3 is 15.4 Å². The molecule has 2 N–H and O–H groups in total. The lowest BCUT2D eigenvalue weighted by molar-refractivity contribution is -0.125. The fourth-order valence-electron chi connectivity index (χ4n) is 3.15. The monoisotopic (exact) mass is 384 g/mol. The third-order valence-electron chi connectivity index (χ3n) is 5.17. The number of carbonyl (C=O) groups excluding carboxylic acids is 2. The number of nitrogens with two attached hydrogens (primary N) is 1. The third kappa shape index (κ3) is 12.7. The second-order valence-electron chi connectivity index (χ2n) is 7.72. The number of carbonyl (C=O) groups is 2. The summed E-state index contributed by atoms with van der Waals surface area (Å²) in [7, 11) is 0. The molecule has 0 aliphatic heterocycles. The van der Waals surface area contributed by atoms with Crippen LogP contribution in [0, 0.1) is 5.92 Å². The second-order valence-corrected chi connectivity index (χ2v) is 7.72. The number of ether oxygens (including phenoxy) is 1. The van der Waals surface area contributed by atoms with Gasteiger partial charge in [-0.15, -0.1) is 0 Å². The smallest absolute Gasteiger partial charge is 0.410 e. The molecule has 2 unspecified atom stereocenters. The summed E-state index contributed by atoms with van der Waals surface area (Å²) in [6.45, 7) is 9.73. The van der Waals surface area contributed by atoms with Crippen LogP contribution in [0.5, 0.6) is 0 Å². The minimum absolute atomic E-state index is 0.280. The van der Waals surface area contributed by atoms with Crippen molar-refractivity contribution in [1.29, 1.82) is 0 Å². The van der Waals surface area contributed by atoms with E-state index in [-0.39, 0.29) is 6.09 Å². The highest BCUT2D eigenvalue weighted by atomic mass is 16.6. The van der Waals surface area contributed by atoms with Crippen LogP contribution in [0.15, 0.2) is 0 Å². The van der Waals surface area contributed by atoms with E-state index in [1.54, 1.807) is 6.92 Å². The van der Waals surface area contributed by atoms with Crippen LogP contribution in [0.3, 0.4) is 0 Å². The van der Waals surface area contributed by atoms with Gasteiger partial charge in [0.05, 0.1) is 5.92 Å². The Morgan fingerprint density at radius 2 is 1.30 bits per heavy atom. The van der Waals surface area contributed by atoms with Crippen molar-refractivity contribution in [2.24, 2.45) is 11.7 Å². The molecule has 0 saturated carbocycles. The zero-order chi connectivity index (χ0) is 20.5. The van der Waals surface area contributed by atoms with E-state index in [0.29, 0.717) is 6.42 Å². The van der Waals surface area contributed by atoms with E-state index in [1.807, 2.05) is 4.90 Å². The zero-order valence-electron chi connectivity index (χ0n) is 18.3. The Morgan fingerprint density at radius 3 is 1.74 bits per heavy atom. The average Bonchev–Trinajstić information content (AvgIpc) is 2.65. The Balaban J connectivity index is 4.78. The van der Waals surface area contributed by atoms with Crippen molar-refractivity contribution in [1.82, 2.24) is 4.90 Å². The summed E-state index contributed by atoms with van der Waals surface area (Å²) in [6.07, 6.45) is 12.1. The molecule has 0 aromatic carbocycles. The van der Waals surface area contributed by atoms with Gasteiger partial charge in [-0.25, -0.2) is 4.79 Å². The van der Waals surface area contributed by atoms with E-state index in [2.05, 4.69) is 20.8 Å². The molecule has 0 rings (SSSR count). The second kappa shape index (κ2) is 16.9. The highest BCUT2D eigenvalue weighted by molar-refractivity contribution is 5.77. The summed E-state index contributed by atoms with van der Waals surface area (Å²) >= 11 is 0. The maximum absolute atomic E-state index is 12.8. The maximum atomic E-state index is 12.8. The minimum Gasteiger partial charge on any atom is -0.445 e. The van der Waals surface area contributed by atoms with E-state index in [1.165, 1.54) is 25.7 Å². The van der Waals surface area contributed by atoms with E-state index >= 15 is 0 Å². The van der Waals surface area contributed by atoms with Crippen molar-refractivity contribution >= 4 is 12.0 Å². The van der Waals surface area contributed by atoms with Gasteiger partial charge in [-0.1, -0.05) is 79.1 Å². The van der Waals surface area contributed by atoms with Crippen LogP contribution in [0.25, 0.3) is 0 Å². The lowest BCUT2D eigenvalue weighted by Gasteiger charge is -2.28. The summed E-state index contributed by atoms with van der Waals surface area (Å²) in [4.78, 5) is 26.3. The molecule has 2 amide bonds.